The molecule has 0 amide bonds. The maximum Gasteiger partial charge on any atom is 0.0270 e. The van der Waals surface area contributed by atoms with Crippen LogP contribution in [-0.2, 0) is 0 Å². The Balaban J connectivity index is 2.03. The standard InChI is InChI=1S/C13H20N2/c1-10(11-6-8-15-9-7-11)13(14)12-4-2-3-5-12/h6-10,12-13H,2-5,14H2,1H3. The summed E-state index contributed by atoms with van der Waals surface area (Å²) in [7, 11) is 0. The zero-order valence-electron chi connectivity index (χ0n) is 9.39. The van der Waals surface area contributed by atoms with Gasteiger partial charge in [0.1, 0.15) is 0 Å². The molecule has 0 spiro atoms. The van der Waals surface area contributed by atoms with Gasteiger partial charge in [0.2, 0.25) is 0 Å². The molecule has 82 valence electrons. The summed E-state index contributed by atoms with van der Waals surface area (Å²) >= 11 is 0. The third-order valence-electron chi connectivity index (χ3n) is 3.75. The second-order valence-electron chi connectivity index (χ2n) is 4.69. The van der Waals surface area contributed by atoms with Crippen LogP contribution in [0.15, 0.2) is 24.5 Å². The first kappa shape index (κ1) is 10.6. The first-order valence-electron chi connectivity index (χ1n) is 5.94. The quantitative estimate of drug-likeness (QED) is 0.822. The van der Waals surface area contributed by atoms with Gasteiger partial charge in [-0.25, -0.2) is 0 Å². The predicted molar refractivity (Wildman–Crippen MR) is 62.6 cm³/mol. The van der Waals surface area contributed by atoms with Crippen LogP contribution >= 0.6 is 0 Å². The minimum atomic E-state index is 0.315. The zero-order valence-corrected chi connectivity index (χ0v) is 9.39. The van der Waals surface area contributed by atoms with Crippen molar-refractivity contribution in [2.24, 2.45) is 11.7 Å². The Bertz CT molecular complexity index is 291. The molecule has 0 aromatic carbocycles. The number of rotatable bonds is 3. The van der Waals surface area contributed by atoms with Gasteiger partial charge in [-0.2, -0.15) is 0 Å². The van der Waals surface area contributed by atoms with Gasteiger partial charge in [-0.15, -0.1) is 0 Å². The Morgan fingerprint density at radius 1 is 1.27 bits per heavy atom. The summed E-state index contributed by atoms with van der Waals surface area (Å²) in [6.45, 7) is 2.23. The third-order valence-corrected chi connectivity index (χ3v) is 3.75. The largest absolute Gasteiger partial charge is 0.327 e. The van der Waals surface area contributed by atoms with Gasteiger partial charge < -0.3 is 5.73 Å². The van der Waals surface area contributed by atoms with Gasteiger partial charge in [-0.1, -0.05) is 19.8 Å². The third kappa shape index (κ3) is 2.37. The number of aromatic nitrogens is 1. The van der Waals surface area contributed by atoms with Gasteiger partial charge in [-0.3, -0.25) is 4.98 Å². The molecule has 1 aliphatic rings. The van der Waals surface area contributed by atoms with E-state index < -0.39 is 0 Å². The van der Waals surface area contributed by atoms with Crippen LogP contribution in [0.25, 0.3) is 0 Å². The molecule has 2 nitrogen and oxygen atoms in total. The summed E-state index contributed by atoms with van der Waals surface area (Å²) in [5, 5.41) is 0. The molecular weight excluding hydrogens is 184 g/mol. The predicted octanol–water partition coefficient (Wildman–Crippen LogP) is 2.70. The SMILES string of the molecule is CC(c1ccncc1)C(N)C1CCCC1. The number of pyridine rings is 1. The fourth-order valence-electron chi connectivity index (χ4n) is 2.64. The highest BCUT2D eigenvalue weighted by Crippen LogP contribution is 2.32. The monoisotopic (exact) mass is 204 g/mol. The van der Waals surface area contributed by atoms with E-state index in [9.17, 15) is 0 Å². The first-order valence-corrected chi connectivity index (χ1v) is 5.94. The topological polar surface area (TPSA) is 38.9 Å². The second kappa shape index (κ2) is 4.75. The molecule has 0 radical (unpaired) electrons. The molecule has 1 heterocycles. The summed E-state index contributed by atoms with van der Waals surface area (Å²) in [5.74, 6) is 1.18. The van der Waals surface area contributed by atoms with Crippen LogP contribution in [0.3, 0.4) is 0 Å². The zero-order chi connectivity index (χ0) is 10.7. The average Bonchev–Trinajstić information content (AvgIpc) is 2.82. The Hall–Kier alpha value is -0.890. The highest BCUT2D eigenvalue weighted by Gasteiger charge is 2.26. The minimum absolute atomic E-state index is 0.315. The van der Waals surface area contributed by atoms with E-state index in [2.05, 4.69) is 24.0 Å². The van der Waals surface area contributed by atoms with E-state index in [1.807, 2.05) is 12.4 Å². The summed E-state index contributed by atoms with van der Waals surface area (Å²) in [5.41, 5.74) is 7.66. The molecule has 1 aliphatic carbocycles. The fraction of sp³-hybridized carbons (Fsp3) is 0.615. The van der Waals surface area contributed by atoms with E-state index in [0.29, 0.717) is 12.0 Å². The van der Waals surface area contributed by atoms with Crippen LogP contribution in [0, 0.1) is 5.92 Å². The highest BCUT2D eigenvalue weighted by atomic mass is 14.7. The molecule has 15 heavy (non-hydrogen) atoms. The van der Waals surface area contributed by atoms with E-state index in [4.69, 9.17) is 5.73 Å². The lowest BCUT2D eigenvalue weighted by Gasteiger charge is -2.25. The van der Waals surface area contributed by atoms with E-state index in [1.54, 1.807) is 0 Å². The van der Waals surface area contributed by atoms with E-state index in [0.717, 1.165) is 5.92 Å². The molecule has 0 saturated heterocycles. The van der Waals surface area contributed by atoms with Crippen LogP contribution in [0.1, 0.15) is 44.1 Å². The number of nitrogens with two attached hydrogens (primary N) is 1. The van der Waals surface area contributed by atoms with Gasteiger partial charge in [0.25, 0.3) is 0 Å². The van der Waals surface area contributed by atoms with Crippen LogP contribution in [0.2, 0.25) is 0 Å². The van der Waals surface area contributed by atoms with Crippen molar-refractivity contribution in [3.63, 3.8) is 0 Å². The molecule has 1 aromatic heterocycles. The van der Waals surface area contributed by atoms with E-state index in [-0.39, 0.29) is 0 Å². The van der Waals surface area contributed by atoms with Gasteiger partial charge in [0.15, 0.2) is 0 Å². The van der Waals surface area contributed by atoms with Crippen molar-refractivity contribution in [1.82, 2.24) is 4.98 Å². The molecule has 2 N–H and O–H groups in total. The smallest absolute Gasteiger partial charge is 0.0270 e. The van der Waals surface area contributed by atoms with Gasteiger partial charge in [0.05, 0.1) is 0 Å². The maximum absolute atomic E-state index is 6.33. The van der Waals surface area contributed by atoms with Crippen molar-refractivity contribution in [2.45, 2.75) is 44.6 Å². The Morgan fingerprint density at radius 2 is 1.87 bits per heavy atom. The highest BCUT2D eigenvalue weighted by molar-refractivity contribution is 5.17. The summed E-state index contributed by atoms with van der Waals surface area (Å²) in [6.07, 6.45) is 9.07. The summed E-state index contributed by atoms with van der Waals surface area (Å²) in [6, 6.07) is 4.48. The van der Waals surface area contributed by atoms with Crippen LogP contribution in [0.4, 0.5) is 0 Å². The lowest BCUT2D eigenvalue weighted by atomic mass is 9.85. The van der Waals surface area contributed by atoms with Crippen molar-refractivity contribution in [1.29, 1.82) is 0 Å². The first-order chi connectivity index (χ1) is 7.29. The average molecular weight is 204 g/mol. The van der Waals surface area contributed by atoms with E-state index in [1.165, 1.54) is 31.2 Å². The Labute approximate surface area is 91.9 Å². The molecule has 1 saturated carbocycles. The molecule has 2 atom stereocenters. The van der Waals surface area contributed by atoms with Gasteiger partial charge >= 0.3 is 0 Å². The summed E-state index contributed by atoms with van der Waals surface area (Å²) < 4.78 is 0. The summed E-state index contributed by atoms with van der Waals surface area (Å²) in [4.78, 5) is 4.04. The van der Waals surface area contributed by atoms with Crippen LogP contribution in [0.5, 0.6) is 0 Å². The molecular formula is C13H20N2. The lowest BCUT2D eigenvalue weighted by Crippen LogP contribution is -2.33. The molecule has 2 heteroatoms. The maximum atomic E-state index is 6.33. The number of nitrogens with zero attached hydrogens (tertiary/aromatic N) is 1. The molecule has 1 fully saturated rings. The van der Waals surface area contributed by atoms with E-state index >= 15 is 0 Å². The Kier molecular flexibility index (Phi) is 3.37. The Morgan fingerprint density at radius 3 is 2.47 bits per heavy atom. The van der Waals surface area contributed by atoms with Crippen molar-refractivity contribution in [2.75, 3.05) is 0 Å². The lowest BCUT2D eigenvalue weighted by molar-refractivity contribution is 0.386. The van der Waals surface area contributed by atoms with Crippen molar-refractivity contribution in [3.8, 4) is 0 Å². The molecule has 2 rings (SSSR count). The fourth-order valence-corrected chi connectivity index (χ4v) is 2.64. The molecule has 2 unspecified atom stereocenters. The molecule has 1 aromatic rings. The van der Waals surface area contributed by atoms with Gasteiger partial charge in [0, 0.05) is 18.4 Å². The molecule has 0 aliphatic heterocycles. The van der Waals surface area contributed by atoms with Crippen LogP contribution in [-0.4, -0.2) is 11.0 Å². The normalized spacial score (nSPS) is 21.5. The van der Waals surface area contributed by atoms with Gasteiger partial charge in [-0.05, 0) is 42.4 Å². The minimum Gasteiger partial charge on any atom is -0.327 e. The number of hydrogen-bond donors (Lipinski definition) is 1. The van der Waals surface area contributed by atoms with Crippen molar-refractivity contribution in [3.05, 3.63) is 30.1 Å². The van der Waals surface area contributed by atoms with Crippen molar-refractivity contribution < 1.29 is 0 Å². The van der Waals surface area contributed by atoms with Crippen molar-refractivity contribution >= 4 is 0 Å². The van der Waals surface area contributed by atoms with Crippen LogP contribution < -0.4 is 5.73 Å². The number of hydrogen-bond acceptors (Lipinski definition) is 2. The second-order valence-corrected chi connectivity index (χ2v) is 4.69. The molecule has 0 bridgehead atoms.